The van der Waals surface area contributed by atoms with Crippen LogP contribution in [0, 0.1) is 25.2 Å². The van der Waals surface area contributed by atoms with Gasteiger partial charge >= 0.3 is 0 Å². The average molecular weight is 453 g/mol. The van der Waals surface area contributed by atoms with E-state index in [2.05, 4.69) is 5.32 Å². The number of nitrogens with zero attached hydrogens (tertiary/aromatic N) is 2. The zero-order chi connectivity index (χ0) is 24.4. The van der Waals surface area contributed by atoms with Crippen LogP contribution in [-0.4, -0.2) is 26.0 Å². The summed E-state index contributed by atoms with van der Waals surface area (Å²) in [5.41, 5.74) is 4.55. The highest BCUT2D eigenvalue weighted by Crippen LogP contribution is 2.36. The molecule has 7 heteroatoms. The van der Waals surface area contributed by atoms with Gasteiger partial charge in [-0.3, -0.25) is 9.59 Å². The largest absolute Gasteiger partial charge is 0.493 e. The second-order valence-corrected chi connectivity index (χ2v) is 7.85. The monoisotopic (exact) mass is 453 g/mol. The van der Waals surface area contributed by atoms with Crippen molar-refractivity contribution in [3.63, 3.8) is 0 Å². The number of hydrogen-bond donors (Lipinski definition) is 1. The predicted molar refractivity (Wildman–Crippen MR) is 130 cm³/mol. The molecule has 0 aromatic heterocycles. The van der Waals surface area contributed by atoms with Crippen LogP contribution >= 0.6 is 0 Å². The molecule has 34 heavy (non-hydrogen) atoms. The summed E-state index contributed by atoms with van der Waals surface area (Å²) in [5, 5.41) is 12.2. The van der Waals surface area contributed by atoms with Crippen LogP contribution in [0.3, 0.4) is 0 Å². The molecule has 1 heterocycles. The summed E-state index contributed by atoms with van der Waals surface area (Å²) < 4.78 is 10.7. The maximum atomic E-state index is 13.6. The van der Waals surface area contributed by atoms with Crippen molar-refractivity contribution in [2.45, 2.75) is 13.8 Å². The Morgan fingerprint density at radius 2 is 1.53 bits per heavy atom. The standard InChI is InChI=1S/C27H23N3O4/c1-16-5-8-19(13-17(16)2)24-25(29-20-9-12-22(33-3)23(14-20)34-4)27(32)30(26(24)31)21-10-6-18(15-28)7-11-21/h5-14,29H,1-4H3. The highest BCUT2D eigenvalue weighted by molar-refractivity contribution is 6.46. The Hall–Kier alpha value is -4.57. The first-order valence-corrected chi connectivity index (χ1v) is 10.6. The number of imide groups is 1. The summed E-state index contributed by atoms with van der Waals surface area (Å²) in [4.78, 5) is 28.3. The first-order chi connectivity index (χ1) is 16.4. The molecule has 0 radical (unpaired) electrons. The number of aryl methyl sites for hydroxylation is 2. The zero-order valence-electron chi connectivity index (χ0n) is 19.3. The smallest absolute Gasteiger partial charge is 0.282 e. The van der Waals surface area contributed by atoms with Crippen LogP contribution < -0.4 is 19.7 Å². The third kappa shape index (κ3) is 3.97. The summed E-state index contributed by atoms with van der Waals surface area (Å²) in [7, 11) is 3.07. The van der Waals surface area contributed by atoms with Crippen LogP contribution in [0.15, 0.2) is 66.4 Å². The van der Waals surface area contributed by atoms with Gasteiger partial charge in [-0.05, 0) is 66.9 Å². The number of hydrogen-bond acceptors (Lipinski definition) is 6. The molecule has 0 aliphatic carbocycles. The van der Waals surface area contributed by atoms with Gasteiger partial charge in [0.25, 0.3) is 11.8 Å². The summed E-state index contributed by atoms with van der Waals surface area (Å²) in [6.45, 7) is 3.95. The first kappa shape index (κ1) is 22.6. The molecule has 0 saturated carbocycles. The predicted octanol–water partition coefficient (Wildman–Crippen LogP) is 4.59. The maximum Gasteiger partial charge on any atom is 0.282 e. The fourth-order valence-corrected chi connectivity index (χ4v) is 3.79. The lowest BCUT2D eigenvalue weighted by Gasteiger charge is -2.16. The van der Waals surface area contributed by atoms with Crippen LogP contribution in [0.2, 0.25) is 0 Å². The lowest BCUT2D eigenvalue weighted by atomic mass is 9.99. The molecule has 1 aliphatic heterocycles. The van der Waals surface area contributed by atoms with Crippen LogP contribution in [0.4, 0.5) is 11.4 Å². The Labute approximate surface area is 197 Å². The van der Waals surface area contributed by atoms with Gasteiger partial charge in [-0.25, -0.2) is 4.90 Å². The fraction of sp³-hybridized carbons (Fsp3) is 0.148. The molecule has 0 spiro atoms. The average Bonchev–Trinajstić information content (AvgIpc) is 3.09. The summed E-state index contributed by atoms with van der Waals surface area (Å²) >= 11 is 0. The Bertz CT molecular complexity index is 1370. The van der Waals surface area contributed by atoms with Crippen molar-refractivity contribution in [3.05, 3.63) is 88.6 Å². The van der Waals surface area contributed by atoms with E-state index in [1.54, 1.807) is 49.6 Å². The highest BCUT2D eigenvalue weighted by atomic mass is 16.5. The van der Waals surface area contributed by atoms with Gasteiger partial charge in [0, 0.05) is 11.8 Å². The fourth-order valence-electron chi connectivity index (χ4n) is 3.79. The van der Waals surface area contributed by atoms with Crippen molar-refractivity contribution in [3.8, 4) is 17.6 Å². The number of nitrogens with one attached hydrogen (secondary N) is 1. The van der Waals surface area contributed by atoms with Gasteiger partial charge in [0.15, 0.2) is 11.5 Å². The van der Waals surface area contributed by atoms with E-state index in [1.807, 2.05) is 38.1 Å². The number of amides is 2. The van der Waals surface area contributed by atoms with Gasteiger partial charge in [0.1, 0.15) is 5.70 Å². The van der Waals surface area contributed by atoms with Gasteiger partial charge in [0.05, 0.1) is 37.1 Å². The molecule has 0 atom stereocenters. The van der Waals surface area contributed by atoms with E-state index >= 15 is 0 Å². The number of methoxy groups -OCH3 is 2. The highest BCUT2D eigenvalue weighted by Gasteiger charge is 2.40. The van der Waals surface area contributed by atoms with E-state index < -0.39 is 11.8 Å². The normalized spacial score (nSPS) is 13.2. The number of carbonyl (C=O) groups is 2. The van der Waals surface area contributed by atoms with E-state index in [4.69, 9.17) is 14.7 Å². The van der Waals surface area contributed by atoms with Gasteiger partial charge in [-0.1, -0.05) is 18.2 Å². The first-order valence-electron chi connectivity index (χ1n) is 10.6. The van der Waals surface area contributed by atoms with Gasteiger partial charge in [-0.15, -0.1) is 0 Å². The molecule has 7 nitrogen and oxygen atoms in total. The third-order valence-electron chi connectivity index (χ3n) is 5.79. The zero-order valence-corrected chi connectivity index (χ0v) is 19.3. The van der Waals surface area contributed by atoms with Crippen molar-refractivity contribution in [2.75, 3.05) is 24.4 Å². The molecule has 0 unspecified atom stereocenters. The number of rotatable bonds is 6. The number of nitriles is 1. The van der Waals surface area contributed by atoms with Crippen molar-refractivity contribution >= 4 is 28.8 Å². The molecule has 3 aromatic rings. The van der Waals surface area contributed by atoms with Crippen LogP contribution in [0.25, 0.3) is 5.57 Å². The van der Waals surface area contributed by atoms with Crippen molar-refractivity contribution in [1.29, 1.82) is 5.26 Å². The summed E-state index contributed by atoms with van der Waals surface area (Å²) in [6.07, 6.45) is 0. The van der Waals surface area contributed by atoms with E-state index in [1.165, 1.54) is 7.11 Å². The molecule has 2 amide bonds. The Kier molecular flexibility index (Phi) is 6.07. The van der Waals surface area contributed by atoms with Gasteiger partial charge in [0.2, 0.25) is 0 Å². The molecule has 0 fully saturated rings. The van der Waals surface area contributed by atoms with E-state index in [0.717, 1.165) is 16.0 Å². The number of benzene rings is 3. The molecule has 170 valence electrons. The van der Waals surface area contributed by atoms with E-state index in [9.17, 15) is 9.59 Å². The third-order valence-corrected chi connectivity index (χ3v) is 5.79. The van der Waals surface area contributed by atoms with E-state index in [-0.39, 0.29) is 11.3 Å². The van der Waals surface area contributed by atoms with Crippen LogP contribution in [0.1, 0.15) is 22.3 Å². The molecular formula is C27H23N3O4. The minimum absolute atomic E-state index is 0.157. The Balaban J connectivity index is 1.82. The molecule has 3 aromatic carbocycles. The van der Waals surface area contributed by atoms with Gasteiger partial charge < -0.3 is 14.8 Å². The summed E-state index contributed by atoms with van der Waals surface area (Å²) in [6, 6.07) is 19.2. The SMILES string of the molecule is COc1ccc(NC2=C(c3ccc(C)c(C)c3)C(=O)N(c3ccc(C#N)cc3)C2=O)cc1OC. The van der Waals surface area contributed by atoms with Crippen molar-refractivity contribution in [1.82, 2.24) is 0 Å². The van der Waals surface area contributed by atoms with Crippen molar-refractivity contribution in [2.24, 2.45) is 0 Å². The number of anilines is 2. The number of carbonyl (C=O) groups excluding carboxylic acids is 2. The molecule has 0 bridgehead atoms. The maximum absolute atomic E-state index is 13.6. The second-order valence-electron chi connectivity index (χ2n) is 7.85. The lowest BCUT2D eigenvalue weighted by Crippen LogP contribution is -2.32. The Morgan fingerprint density at radius 3 is 2.15 bits per heavy atom. The minimum Gasteiger partial charge on any atom is -0.493 e. The topological polar surface area (TPSA) is 91.7 Å². The molecular weight excluding hydrogens is 430 g/mol. The minimum atomic E-state index is -0.488. The lowest BCUT2D eigenvalue weighted by molar-refractivity contribution is -0.120. The van der Waals surface area contributed by atoms with Gasteiger partial charge in [-0.2, -0.15) is 5.26 Å². The molecule has 1 N–H and O–H groups in total. The summed E-state index contributed by atoms with van der Waals surface area (Å²) in [5.74, 6) is 0.102. The quantitative estimate of drug-likeness (QED) is 0.549. The van der Waals surface area contributed by atoms with Crippen LogP contribution in [-0.2, 0) is 9.59 Å². The number of ether oxygens (including phenoxy) is 2. The molecule has 4 rings (SSSR count). The Morgan fingerprint density at radius 1 is 0.824 bits per heavy atom. The van der Waals surface area contributed by atoms with Crippen molar-refractivity contribution < 1.29 is 19.1 Å². The van der Waals surface area contributed by atoms with E-state index in [0.29, 0.717) is 34.0 Å². The molecule has 1 aliphatic rings. The molecule has 0 saturated heterocycles. The van der Waals surface area contributed by atoms with Crippen LogP contribution in [0.5, 0.6) is 11.5 Å². The second kappa shape index (κ2) is 9.12.